The second-order valence-electron chi connectivity index (χ2n) is 5.04. The van der Waals surface area contributed by atoms with E-state index in [0.29, 0.717) is 22.0 Å². The Kier molecular flexibility index (Phi) is 3.52. The standard InChI is InChI=1S/C17H11F3N2O/c18-17(19,20)13-6-4-10(5-7-13)14-3-1-2-11-8-12(16(21)23)9-22-15(11)14/h1-9H,(H2,21,23). The van der Waals surface area contributed by atoms with Crippen LogP contribution in [0.25, 0.3) is 22.0 Å². The minimum Gasteiger partial charge on any atom is -0.366 e. The monoisotopic (exact) mass is 316 g/mol. The molecule has 0 spiro atoms. The normalized spacial score (nSPS) is 11.6. The molecule has 6 heteroatoms. The van der Waals surface area contributed by atoms with Gasteiger partial charge in [-0.2, -0.15) is 13.2 Å². The van der Waals surface area contributed by atoms with E-state index in [4.69, 9.17) is 5.73 Å². The van der Waals surface area contributed by atoms with Crippen LogP contribution in [0.1, 0.15) is 15.9 Å². The van der Waals surface area contributed by atoms with E-state index in [-0.39, 0.29) is 5.56 Å². The zero-order chi connectivity index (χ0) is 16.6. The van der Waals surface area contributed by atoms with Crippen molar-refractivity contribution in [3.8, 4) is 11.1 Å². The van der Waals surface area contributed by atoms with Crippen molar-refractivity contribution in [2.45, 2.75) is 6.18 Å². The first-order valence-corrected chi connectivity index (χ1v) is 6.72. The van der Waals surface area contributed by atoms with Gasteiger partial charge in [-0.3, -0.25) is 9.78 Å². The van der Waals surface area contributed by atoms with Crippen molar-refractivity contribution in [2.75, 3.05) is 0 Å². The number of amides is 1. The molecule has 0 saturated carbocycles. The smallest absolute Gasteiger partial charge is 0.366 e. The van der Waals surface area contributed by atoms with Crippen LogP contribution in [-0.2, 0) is 6.18 Å². The number of primary amides is 1. The Morgan fingerprint density at radius 1 is 1.04 bits per heavy atom. The zero-order valence-corrected chi connectivity index (χ0v) is 11.8. The summed E-state index contributed by atoms with van der Waals surface area (Å²) in [6.45, 7) is 0. The molecule has 2 N–H and O–H groups in total. The van der Waals surface area contributed by atoms with Gasteiger partial charge in [0.1, 0.15) is 0 Å². The average Bonchev–Trinajstić information content (AvgIpc) is 2.53. The van der Waals surface area contributed by atoms with Crippen LogP contribution in [0.3, 0.4) is 0 Å². The molecule has 3 nitrogen and oxygen atoms in total. The van der Waals surface area contributed by atoms with Crippen molar-refractivity contribution in [1.82, 2.24) is 4.98 Å². The number of nitrogens with two attached hydrogens (primary N) is 1. The van der Waals surface area contributed by atoms with Crippen molar-refractivity contribution in [1.29, 1.82) is 0 Å². The predicted octanol–water partition coefficient (Wildman–Crippen LogP) is 4.02. The highest BCUT2D eigenvalue weighted by Gasteiger charge is 2.30. The number of halogens is 3. The third-order valence-corrected chi connectivity index (χ3v) is 3.52. The third-order valence-electron chi connectivity index (χ3n) is 3.52. The molecule has 1 heterocycles. The predicted molar refractivity (Wildman–Crippen MR) is 80.7 cm³/mol. The van der Waals surface area contributed by atoms with Gasteiger partial charge in [0.2, 0.25) is 5.91 Å². The summed E-state index contributed by atoms with van der Waals surface area (Å²) in [4.78, 5) is 15.4. The van der Waals surface area contributed by atoms with Crippen LogP contribution in [-0.4, -0.2) is 10.9 Å². The Labute approximate surface area is 129 Å². The van der Waals surface area contributed by atoms with Crippen LogP contribution in [0.15, 0.2) is 54.7 Å². The van der Waals surface area contributed by atoms with Gasteiger partial charge in [0.05, 0.1) is 16.6 Å². The molecule has 0 unspecified atom stereocenters. The lowest BCUT2D eigenvalue weighted by Crippen LogP contribution is -2.11. The van der Waals surface area contributed by atoms with Gasteiger partial charge >= 0.3 is 6.18 Å². The van der Waals surface area contributed by atoms with Gasteiger partial charge in [-0.05, 0) is 23.8 Å². The number of pyridine rings is 1. The quantitative estimate of drug-likeness (QED) is 0.776. The zero-order valence-electron chi connectivity index (χ0n) is 11.8. The number of fused-ring (bicyclic) bond motifs is 1. The first-order chi connectivity index (χ1) is 10.9. The molecule has 23 heavy (non-hydrogen) atoms. The molecule has 3 aromatic rings. The first-order valence-electron chi connectivity index (χ1n) is 6.72. The van der Waals surface area contributed by atoms with Crippen LogP contribution < -0.4 is 5.73 Å². The molecular weight excluding hydrogens is 305 g/mol. The number of aromatic nitrogens is 1. The number of nitrogens with zero attached hydrogens (tertiary/aromatic N) is 1. The van der Waals surface area contributed by atoms with Crippen molar-refractivity contribution in [2.24, 2.45) is 5.73 Å². The molecule has 1 amide bonds. The number of hydrogen-bond acceptors (Lipinski definition) is 2. The van der Waals surface area contributed by atoms with Gasteiger partial charge in [0, 0.05) is 17.1 Å². The summed E-state index contributed by atoms with van der Waals surface area (Å²) in [5.74, 6) is -0.584. The maximum Gasteiger partial charge on any atom is 0.416 e. The summed E-state index contributed by atoms with van der Waals surface area (Å²) >= 11 is 0. The van der Waals surface area contributed by atoms with Crippen LogP contribution >= 0.6 is 0 Å². The van der Waals surface area contributed by atoms with E-state index in [1.54, 1.807) is 24.3 Å². The average molecular weight is 316 g/mol. The molecule has 0 aliphatic heterocycles. The Morgan fingerprint density at radius 2 is 1.74 bits per heavy atom. The van der Waals surface area contributed by atoms with Crippen molar-refractivity contribution < 1.29 is 18.0 Å². The third kappa shape index (κ3) is 2.88. The highest BCUT2D eigenvalue weighted by Crippen LogP contribution is 2.32. The van der Waals surface area contributed by atoms with Crippen LogP contribution in [0.4, 0.5) is 13.2 Å². The van der Waals surface area contributed by atoms with Crippen molar-refractivity contribution in [3.05, 3.63) is 65.9 Å². The van der Waals surface area contributed by atoms with Gasteiger partial charge in [0.25, 0.3) is 0 Å². The molecule has 0 radical (unpaired) electrons. The maximum absolute atomic E-state index is 12.6. The van der Waals surface area contributed by atoms with Crippen molar-refractivity contribution >= 4 is 16.8 Å². The Bertz CT molecular complexity index is 886. The fraction of sp³-hybridized carbons (Fsp3) is 0.0588. The summed E-state index contributed by atoms with van der Waals surface area (Å²) in [6.07, 6.45) is -3.01. The Morgan fingerprint density at radius 3 is 2.35 bits per heavy atom. The highest BCUT2D eigenvalue weighted by molar-refractivity contribution is 5.99. The molecule has 0 saturated heterocycles. The minimum atomic E-state index is -4.37. The topological polar surface area (TPSA) is 56.0 Å². The molecule has 0 atom stereocenters. The van der Waals surface area contributed by atoms with Crippen LogP contribution in [0, 0.1) is 0 Å². The van der Waals surface area contributed by atoms with E-state index in [1.165, 1.54) is 18.3 Å². The highest BCUT2D eigenvalue weighted by atomic mass is 19.4. The van der Waals surface area contributed by atoms with E-state index >= 15 is 0 Å². The molecule has 0 aliphatic rings. The lowest BCUT2D eigenvalue weighted by atomic mass is 10.00. The number of para-hydroxylation sites is 1. The molecule has 0 aliphatic carbocycles. The van der Waals surface area contributed by atoms with E-state index < -0.39 is 17.6 Å². The summed E-state index contributed by atoms with van der Waals surface area (Å²) in [5, 5.41) is 0.693. The molecule has 116 valence electrons. The van der Waals surface area contributed by atoms with Gasteiger partial charge in [-0.15, -0.1) is 0 Å². The number of benzene rings is 2. The molecule has 0 fully saturated rings. The second-order valence-corrected chi connectivity index (χ2v) is 5.04. The van der Waals surface area contributed by atoms with E-state index in [1.807, 2.05) is 0 Å². The second kappa shape index (κ2) is 5.39. The lowest BCUT2D eigenvalue weighted by molar-refractivity contribution is -0.137. The SMILES string of the molecule is NC(=O)c1cnc2c(-c3ccc(C(F)(F)F)cc3)cccc2c1. The largest absolute Gasteiger partial charge is 0.416 e. The minimum absolute atomic E-state index is 0.280. The summed E-state index contributed by atoms with van der Waals surface area (Å²) in [5.41, 5.74) is 6.70. The van der Waals surface area contributed by atoms with E-state index in [9.17, 15) is 18.0 Å². The van der Waals surface area contributed by atoms with Crippen LogP contribution in [0.5, 0.6) is 0 Å². The lowest BCUT2D eigenvalue weighted by Gasteiger charge is -2.09. The maximum atomic E-state index is 12.6. The molecular formula is C17H11F3N2O. The summed E-state index contributed by atoms with van der Waals surface area (Å²) in [7, 11) is 0. The van der Waals surface area contributed by atoms with Gasteiger partial charge in [0.15, 0.2) is 0 Å². The summed E-state index contributed by atoms with van der Waals surface area (Å²) in [6, 6.07) is 11.8. The molecule has 3 rings (SSSR count). The first kappa shape index (κ1) is 15.0. The van der Waals surface area contributed by atoms with Gasteiger partial charge in [-0.1, -0.05) is 30.3 Å². The van der Waals surface area contributed by atoms with Crippen molar-refractivity contribution in [3.63, 3.8) is 0 Å². The molecule has 2 aromatic carbocycles. The number of carbonyl (C=O) groups is 1. The number of hydrogen-bond donors (Lipinski definition) is 1. The fourth-order valence-electron chi connectivity index (χ4n) is 2.37. The molecule has 0 bridgehead atoms. The summed E-state index contributed by atoms with van der Waals surface area (Å²) < 4.78 is 37.9. The number of alkyl halides is 3. The fourth-order valence-corrected chi connectivity index (χ4v) is 2.37. The number of rotatable bonds is 2. The molecule has 1 aromatic heterocycles. The van der Waals surface area contributed by atoms with Gasteiger partial charge < -0.3 is 5.73 Å². The van der Waals surface area contributed by atoms with Gasteiger partial charge in [-0.25, -0.2) is 0 Å². The van der Waals surface area contributed by atoms with E-state index in [0.717, 1.165) is 12.1 Å². The Hall–Kier alpha value is -2.89. The Balaban J connectivity index is 2.11. The number of carbonyl (C=O) groups excluding carboxylic acids is 1. The van der Waals surface area contributed by atoms with E-state index in [2.05, 4.69) is 4.98 Å². The van der Waals surface area contributed by atoms with Crippen LogP contribution in [0.2, 0.25) is 0 Å².